The highest BCUT2D eigenvalue weighted by Gasteiger charge is 2.43. The molecule has 4 rings (SSSR count). The summed E-state index contributed by atoms with van der Waals surface area (Å²) in [6.07, 6.45) is 5.53. The zero-order valence-electron chi connectivity index (χ0n) is 14.6. The lowest BCUT2D eigenvalue weighted by molar-refractivity contribution is 0.145. The summed E-state index contributed by atoms with van der Waals surface area (Å²) in [5, 5.41) is 8.82. The molecule has 1 N–H and O–H groups in total. The van der Waals surface area contributed by atoms with E-state index in [1.54, 1.807) is 7.11 Å². The Morgan fingerprint density at radius 1 is 1.32 bits per heavy atom. The van der Waals surface area contributed by atoms with Crippen LogP contribution >= 0.6 is 23.6 Å². The number of hydrogen-bond donors (Lipinski definition) is 1. The highest BCUT2D eigenvalue weighted by atomic mass is 32.1. The summed E-state index contributed by atoms with van der Waals surface area (Å²) in [5.41, 5.74) is 0.906. The van der Waals surface area contributed by atoms with Gasteiger partial charge in [-0.2, -0.15) is 0 Å². The van der Waals surface area contributed by atoms with Crippen LogP contribution in [0, 0.1) is 15.8 Å². The van der Waals surface area contributed by atoms with Gasteiger partial charge in [-0.1, -0.05) is 23.5 Å². The van der Waals surface area contributed by atoms with Gasteiger partial charge >= 0.3 is 0 Å². The van der Waals surface area contributed by atoms with Crippen molar-refractivity contribution in [2.45, 2.75) is 38.4 Å². The third-order valence-corrected chi connectivity index (χ3v) is 6.25. The second-order valence-corrected chi connectivity index (χ2v) is 8.68. The Hall–Kier alpha value is -1.44. The van der Waals surface area contributed by atoms with Crippen molar-refractivity contribution < 1.29 is 4.74 Å². The van der Waals surface area contributed by atoms with Crippen LogP contribution in [0.3, 0.4) is 0 Å². The summed E-state index contributed by atoms with van der Waals surface area (Å²) in [4.78, 5) is 2.46. The van der Waals surface area contributed by atoms with E-state index >= 15 is 0 Å². The molecule has 0 saturated heterocycles. The molecule has 0 spiro atoms. The molecule has 2 aliphatic carbocycles. The fourth-order valence-electron chi connectivity index (χ4n) is 3.59. The van der Waals surface area contributed by atoms with Crippen molar-refractivity contribution in [3.8, 4) is 5.75 Å². The van der Waals surface area contributed by atoms with Crippen molar-refractivity contribution in [2.24, 2.45) is 11.8 Å². The molecule has 1 aromatic carbocycles. The Morgan fingerprint density at radius 3 is 2.64 bits per heavy atom. The quantitative estimate of drug-likeness (QED) is 0.687. The first-order valence-electron chi connectivity index (χ1n) is 8.84. The summed E-state index contributed by atoms with van der Waals surface area (Å²) >= 11 is 7.04. The molecular weight excluding hydrogens is 352 g/mol. The maximum Gasteiger partial charge on any atom is 0.209 e. The lowest BCUT2D eigenvalue weighted by atomic mass is 10.1. The van der Waals surface area contributed by atoms with Crippen molar-refractivity contribution in [3.05, 3.63) is 28.2 Å². The van der Waals surface area contributed by atoms with Crippen molar-refractivity contribution in [1.82, 2.24) is 14.7 Å². The third kappa shape index (κ3) is 3.88. The van der Waals surface area contributed by atoms with Crippen LogP contribution in [0.2, 0.25) is 0 Å². The molecule has 0 bridgehead atoms. The molecule has 25 heavy (non-hydrogen) atoms. The van der Waals surface area contributed by atoms with Gasteiger partial charge in [-0.15, -0.1) is 5.10 Å². The Balaban J connectivity index is 1.47. The SMILES string of the molecule is COc1ccccc1Nc1nn(CN(C)C(C2CC2)C2CC2)c(=S)s1. The molecular formula is C18H24N4OS2. The van der Waals surface area contributed by atoms with Crippen LogP contribution in [0.15, 0.2) is 24.3 Å². The summed E-state index contributed by atoms with van der Waals surface area (Å²) in [6.45, 7) is 0.764. The van der Waals surface area contributed by atoms with Crippen LogP contribution in [-0.2, 0) is 6.67 Å². The van der Waals surface area contributed by atoms with E-state index in [2.05, 4.69) is 22.4 Å². The van der Waals surface area contributed by atoms with Gasteiger partial charge in [-0.25, -0.2) is 4.68 Å². The molecule has 1 heterocycles. The molecule has 0 aliphatic heterocycles. The van der Waals surface area contributed by atoms with Gasteiger partial charge in [0.1, 0.15) is 5.75 Å². The van der Waals surface area contributed by atoms with Crippen LogP contribution in [-0.4, -0.2) is 34.9 Å². The molecule has 0 atom stereocenters. The first-order valence-corrected chi connectivity index (χ1v) is 10.1. The monoisotopic (exact) mass is 376 g/mol. The van der Waals surface area contributed by atoms with Crippen molar-refractivity contribution in [2.75, 3.05) is 19.5 Å². The normalized spacial score (nSPS) is 17.3. The zero-order valence-corrected chi connectivity index (χ0v) is 16.3. The fraction of sp³-hybridized carbons (Fsp3) is 0.556. The predicted octanol–water partition coefficient (Wildman–Crippen LogP) is 4.50. The highest BCUT2D eigenvalue weighted by Crippen LogP contribution is 2.47. The molecule has 2 fully saturated rings. The molecule has 134 valence electrons. The number of benzene rings is 1. The maximum atomic E-state index is 5.54. The van der Waals surface area contributed by atoms with Gasteiger partial charge in [-0.3, -0.25) is 4.90 Å². The van der Waals surface area contributed by atoms with Crippen LogP contribution in [0.4, 0.5) is 10.8 Å². The average Bonchev–Trinajstić information content (AvgIpc) is 3.51. The van der Waals surface area contributed by atoms with E-state index < -0.39 is 0 Å². The van der Waals surface area contributed by atoms with Gasteiger partial charge in [0.05, 0.1) is 19.5 Å². The number of nitrogens with one attached hydrogen (secondary N) is 1. The smallest absolute Gasteiger partial charge is 0.209 e. The second-order valence-electron chi connectivity index (χ2n) is 7.06. The van der Waals surface area contributed by atoms with Gasteiger partial charge < -0.3 is 10.1 Å². The maximum absolute atomic E-state index is 5.54. The second kappa shape index (κ2) is 7.05. The van der Waals surface area contributed by atoms with E-state index in [0.717, 1.165) is 39.0 Å². The van der Waals surface area contributed by atoms with Crippen LogP contribution in [0.1, 0.15) is 25.7 Å². The lowest BCUT2D eigenvalue weighted by Crippen LogP contribution is -2.37. The number of nitrogens with zero attached hydrogens (tertiary/aromatic N) is 3. The molecule has 2 aromatic rings. The molecule has 0 unspecified atom stereocenters. The van der Waals surface area contributed by atoms with Crippen molar-refractivity contribution in [3.63, 3.8) is 0 Å². The first kappa shape index (κ1) is 17.0. The largest absolute Gasteiger partial charge is 0.495 e. The molecule has 0 radical (unpaired) electrons. The Morgan fingerprint density at radius 2 is 2.00 bits per heavy atom. The van der Waals surface area contributed by atoms with Crippen LogP contribution < -0.4 is 10.1 Å². The van der Waals surface area contributed by atoms with Gasteiger partial charge in [0.2, 0.25) is 5.13 Å². The van der Waals surface area contributed by atoms with Crippen LogP contribution in [0.5, 0.6) is 5.75 Å². The summed E-state index contributed by atoms with van der Waals surface area (Å²) < 4.78 is 8.13. The number of rotatable bonds is 8. The molecule has 0 amide bonds. The number of ether oxygens (including phenoxy) is 1. The lowest BCUT2D eigenvalue weighted by Gasteiger charge is -2.27. The Labute approximate surface area is 157 Å². The van der Waals surface area contributed by atoms with E-state index in [-0.39, 0.29) is 0 Å². The molecule has 5 nitrogen and oxygen atoms in total. The number of para-hydroxylation sites is 2. The fourth-order valence-corrected chi connectivity index (χ4v) is 4.60. The van der Waals surface area contributed by atoms with Crippen molar-refractivity contribution >= 4 is 34.4 Å². The van der Waals surface area contributed by atoms with Crippen molar-refractivity contribution in [1.29, 1.82) is 0 Å². The van der Waals surface area contributed by atoms with E-state index in [9.17, 15) is 0 Å². The zero-order chi connectivity index (χ0) is 17.4. The van der Waals surface area contributed by atoms with Gasteiger partial charge in [0, 0.05) is 6.04 Å². The summed E-state index contributed by atoms with van der Waals surface area (Å²) in [5.74, 6) is 2.57. The van der Waals surface area contributed by atoms with Gasteiger partial charge in [0.15, 0.2) is 3.95 Å². The molecule has 7 heteroatoms. The van der Waals surface area contributed by atoms with Crippen LogP contribution in [0.25, 0.3) is 0 Å². The summed E-state index contributed by atoms with van der Waals surface area (Å²) in [7, 11) is 3.89. The number of anilines is 2. The third-order valence-electron chi connectivity index (χ3n) is 5.03. The van der Waals surface area contributed by atoms with E-state index in [4.69, 9.17) is 17.0 Å². The van der Waals surface area contributed by atoms with Gasteiger partial charge in [-0.05, 0) is 68.9 Å². The van der Waals surface area contributed by atoms with E-state index in [1.165, 1.54) is 37.0 Å². The number of aromatic nitrogens is 2. The highest BCUT2D eigenvalue weighted by molar-refractivity contribution is 7.73. The minimum atomic E-state index is 0.703. The first-order chi connectivity index (χ1) is 12.2. The van der Waals surface area contributed by atoms with Gasteiger partial charge in [0.25, 0.3) is 0 Å². The Kier molecular flexibility index (Phi) is 4.80. The average molecular weight is 377 g/mol. The minimum absolute atomic E-state index is 0.703. The topological polar surface area (TPSA) is 42.3 Å². The number of methoxy groups -OCH3 is 1. The standard InChI is InChI=1S/C18H24N4OS2/c1-21(16(12-7-8-12)13-9-10-13)11-22-18(24)25-17(20-22)19-14-5-3-4-6-15(14)23-2/h3-6,12-13,16H,7-11H2,1-2H3,(H,19,20). The molecule has 2 aliphatic rings. The minimum Gasteiger partial charge on any atom is -0.495 e. The predicted molar refractivity (Wildman–Crippen MR) is 104 cm³/mol. The van der Waals surface area contributed by atoms with E-state index in [1.807, 2.05) is 28.9 Å². The van der Waals surface area contributed by atoms with E-state index in [0.29, 0.717) is 6.04 Å². The number of hydrogen-bond acceptors (Lipinski definition) is 6. The molecule has 1 aromatic heterocycles. The summed E-state index contributed by atoms with van der Waals surface area (Å²) in [6, 6.07) is 8.55. The Bertz CT molecular complexity index is 782. The molecule has 2 saturated carbocycles.